The van der Waals surface area contributed by atoms with Gasteiger partial charge in [0.15, 0.2) is 12.2 Å². The Bertz CT molecular complexity index is 1660. The second kappa shape index (κ2) is 28.0. The standard InChI is InChI=1S/C50H70O20/c1-3-41(51)59-25-5-7-27-61-49(57)67-37-21-13-31(14-22-37)45(53)65-35-17-9-33(10-18-35)47(55)69-39-29-63-44-40(30-64-43(39)44)70-48(56)34-11-19-36(20-12-34)66-46(54)32-15-23-38(24-16-32)68-50(58)62-28-8-6-26-60-42(52)4-2/h3-4,31-40,43-44H,1-2,5-30H2/t31?,32?,33?,34?,35?,36?,37?,38?,39-,40+,43-,44-/m1/s1. The summed E-state index contributed by atoms with van der Waals surface area (Å²) in [5, 5.41) is 0. The lowest BCUT2D eigenvalue weighted by atomic mass is 9.86. The third-order valence-corrected chi connectivity index (χ3v) is 14.0. The van der Waals surface area contributed by atoms with Crippen LogP contribution >= 0.6 is 0 Å². The summed E-state index contributed by atoms with van der Waals surface area (Å²) in [6.45, 7) is 7.58. The molecule has 0 amide bonds. The maximum absolute atomic E-state index is 13.3. The van der Waals surface area contributed by atoms with Crippen molar-refractivity contribution in [1.29, 1.82) is 0 Å². The Hall–Kier alpha value is -5.24. The minimum absolute atomic E-state index is 0.115. The molecule has 0 aromatic rings. The molecule has 0 aromatic carbocycles. The lowest BCUT2D eigenvalue weighted by Gasteiger charge is -2.31. The molecule has 0 aromatic heterocycles. The first-order valence-electron chi connectivity index (χ1n) is 25.2. The largest absolute Gasteiger partial charge is 0.508 e. The summed E-state index contributed by atoms with van der Waals surface area (Å²) in [6.07, 6.45) is 7.29. The molecule has 0 bridgehead atoms. The topological polar surface area (TPSA) is 247 Å². The van der Waals surface area contributed by atoms with E-state index in [-0.39, 0.29) is 112 Å². The molecule has 2 saturated heterocycles. The predicted molar refractivity (Wildman–Crippen MR) is 240 cm³/mol. The van der Waals surface area contributed by atoms with Gasteiger partial charge in [-0.25, -0.2) is 19.2 Å². The SMILES string of the molecule is C=CC(=O)OCCCCOC(=O)OC1CCC(C(=O)OC2CCC(C(=O)O[C@H]3CO[C@H]4[C@@H]3OC[C@H]4OC(=O)C3CCC(OC(=O)C4CCC(OC(=O)OCCCCOC(=O)C=C)CC4)CC3)CC2)CC1. The average molecular weight is 991 g/mol. The molecular weight excluding hydrogens is 921 g/mol. The van der Waals surface area contributed by atoms with Crippen molar-refractivity contribution in [3.63, 3.8) is 0 Å². The van der Waals surface area contributed by atoms with E-state index in [1.54, 1.807) is 0 Å². The van der Waals surface area contributed by atoms with Gasteiger partial charge in [0, 0.05) is 12.2 Å². The molecule has 0 unspecified atom stereocenters. The van der Waals surface area contributed by atoms with Gasteiger partial charge in [-0.1, -0.05) is 13.2 Å². The summed E-state index contributed by atoms with van der Waals surface area (Å²) in [7, 11) is 0. The molecule has 0 radical (unpaired) electrons. The van der Waals surface area contributed by atoms with Crippen LogP contribution in [0.4, 0.5) is 9.59 Å². The van der Waals surface area contributed by atoms with Crippen LogP contribution in [0.5, 0.6) is 0 Å². The van der Waals surface area contributed by atoms with E-state index in [9.17, 15) is 38.4 Å². The zero-order valence-corrected chi connectivity index (χ0v) is 40.0. The van der Waals surface area contributed by atoms with Gasteiger partial charge in [0.2, 0.25) is 0 Å². The number of esters is 6. The van der Waals surface area contributed by atoms with E-state index in [2.05, 4.69) is 13.2 Å². The van der Waals surface area contributed by atoms with E-state index < -0.39 is 48.7 Å². The Labute approximate surface area is 408 Å². The van der Waals surface area contributed by atoms with Crippen molar-refractivity contribution in [2.24, 2.45) is 23.7 Å². The van der Waals surface area contributed by atoms with E-state index in [1.165, 1.54) is 0 Å². The molecular formula is C50H70O20. The quantitative estimate of drug-likeness (QED) is 0.0503. The first kappa shape index (κ1) is 54.1. The number of ether oxygens (including phenoxy) is 12. The van der Waals surface area contributed by atoms with Crippen LogP contribution < -0.4 is 0 Å². The summed E-state index contributed by atoms with van der Waals surface area (Å²) in [4.78, 5) is 98.9. The molecule has 4 saturated carbocycles. The highest BCUT2D eigenvalue weighted by molar-refractivity contribution is 5.81. The molecule has 6 aliphatic rings. The van der Waals surface area contributed by atoms with E-state index >= 15 is 0 Å². The first-order chi connectivity index (χ1) is 33.9. The van der Waals surface area contributed by atoms with Gasteiger partial charge in [0.1, 0.15) is 36.6 Å². The highest BCUT2D eigenvalue weighted by Crippen LogP contribution is 2.36. The number of carbonyl (C=O) groups is 8. The molecule has 2 heterocycles. The van der Waals surface area contributed by atoms with Crippen LogP contribution in [0.2, 0.25) is 0 Å². The van der Waals surface area contributed by atoms with Crippen molar-refractivity contribution in [2.75, 3.05) is 39.6 Å². The van der Waals surface area contributed by atoms with Gasteiger partial charge in [-0.05, 0) is 128 Å². The third kappa shape index (κ3) is 17.0. The number of unbranched alkanes of at least 4 members (excludes halogenated alkanes) is 2. The van der Waals surface area contributed by atoms with Crippen molar-refractivity contribution in [1.82, 2.24) is 0 Å². The van der Waals surface area contributed by atoms with Gasteiger partial charge in [0.25, 0.3) is 0 Å². The Kier molecular flexibility index (Phi) is 21.6. The van der Waals surface area contributed by atoms with Crippen LogP contribution in [0.1, 0.15) is 128 Å². The van der Waals surface area contributed by atoms with Gasteiger partial charge < -0.3 is 56.8 Å². The van der Waals surface area contributed by atoms with E-state index in [0.29, 0.717) is 128 Å². The van der Waals surface area contributed by atoms with Crippen molar-refractivity contribution in [3.8, 4) is 0 Å². The number of hydrogen-bond acceptors (Lipinski definition) is 20. The fourth-order valence-corrected chi connectivity index (χ4v) is 9.83. The molecule has 4 aliphatic carbocycles. The van der Waals surface area contributed by atoms with Crippen molar-refractivity contribution < 1.29 is 95.2 Å². The molecule has 0 spiro atoms. The predicted octanol–water partition coefficient (Wildman–Crippen LogP) is 6.25. The van der Waals surface area contributed by atoms with Crippen LogP contribution in [0.15, 0.2) is 25.3 Å². The van der Waals surface area contributed by atoms with Crippen LogP contribution in [-0.4, -0.2) is 137 Å². The lowest BCUT2D eigenvalue weighted by molar-refractivity contribution is -0.164. The molecule has 2 aliphatic heterocycles. The van der Waals surface area contributed by atoms with Crippen LogP contribution in [0.3, 0.4) is 0 Å². The average Bonchev–Trinajstić information content (AvgIpc) is 3.96. The Morgan fingerprint density at radius 2 is 0.643 bits per heavy atom. The molecule has 390 valence electrons. The molecule has 20 nitrogen and oxygen atoms in total. The van der Waals surface area contributed by atoms with Gasteiger partial charge in [-0.15, -0.1) is 0 Å². The summed E-state index contributed by atoms with van der Waals surface area (Å²) in [6, 6.07) is 0. The monoisotopic (exact) mass is 990 g/mol. The van der Waals surface area contributed by atoms with Gasteiger partial charge in [-0.2, -0.15) is 0 Å². The Morgan fingerprint density at radius 1 is 0.371 bits per heavy atom. The number of rotatable bonds is 22. The fraction of sp³-hybridized carbons (Fsp3) is 0.760. The minimum Gasteiger partial charge on any atom is -0.463 e. The fourth-order valence-electron chi connectivity index (χ4n) is 9.83. The molecule has 70 heavy (non-hydrogen) atoms. The summed E-state index contributed by atoms with van der Waals surface area (Å²) < 4.78 is 66.2. The maximum Gasteiger partial charge on any atom is 0.508 e. The molecule has 20 heteroatoms. The number of carbonyl (C=O) groups excluding carboxylic acids is 8. The summed E-state index contributed by atoms with van der Waals surface area (Å²) in [5.74, 6) is -3.60. The third-order valence-electron chi connectivity index (χ3n) is 14.0. The van der Waals surface area contributed by atoms with Gasteiger partial charge in [-0.3, -0.25) is 19.2 Å². The highest BCUT2D eigenvalue weighted by atomic mass is 16.7. The second-order valence-corrected chi connectivity index (χ2v) is 18.9. The zero-order valence-electron chi connectivity index (χ0n) is 40.0. The zero-order chi connectivity index (χ0) is 49.8. The second-order valence-electron chi connectivity index (χ2n) is 18.9. The highest BCUT2D eigenvalue weighted by Gasteiger charge is 2.52. The summed E-state index contributed by atoms with van der Waals surface area (Å²) in [5.41, 5.74) is 0. The van der Waals surface area contributed by atoms with E-state index in [0.717, 1.165) is 12.2 Å². The molecule has 4 atom stereocenters. The van der Waals surface area contributed by atoms with Crippen molar-refractivity contribution in [2.45, 2.75) is 177 Å². The van der Waals surface area contributed by atoms with E-state index in [1.807, 2.05) is 0 Å². The van der Waals surface area contributed by atoms with E-state index in [4.69, 9.17) is 56.8 Å². The minimum atomic E-state index is -0.763. The Morgan fingerprint density at radius 3 is 0.943 bits per heavy atom. The van der Waals surface area contributed by atoms with Crippen molar-refractivity contribution in [3.05, 3.63) is 25.3 Å². The number of fused-ring (bicyclic) bond motifs is 1. The molecule has 6 fully saturated rings. The number of hydrogen-bond donors (Lipinski definition) is 0. The molecule has 6 rings (SSSR count). The van der Waals surface area contributed by atoms with Crippen LogP contribution in [-0.2, 0) is 85.6 Å². The summed E-state index contributed by atoms with van der Waals surface area (Å²) >= 11 is 0. The Balaban J connectivity index is 0.784. The smallest absolute Gasteiger partial charge is 0.463 e. The van der Waals surface area contributed by atoms with Gasteiger partial charge in [0.05, 0.1) is 63.3 Å². The maximum atomic E-state index is 13.3. The first-order valence-corrected chi connectivity index (χ1v) is 25.2. The van der Waals surface area contributed by atoms with Crippen molar-refractivity contribution >= 4 is 48.1 Å². The van der Waals surface area contributed by atoms with Gasteiger partial charge >= 0.3 is 48.1 Å². The normalized spacial score (nSPS) is 30.5. The van der Waals surface area contributed by atoms with Crippen LogP contribution in [0, 0.1) is 23.7 Å². The van der Waals surface area contributed by atoms with Crippen LogP contribution in [0.25, 0.3) is 0 Å². The molecule has 0 N–H and O–H groups in total. The lowest BCUT2D eigenvalue weighted by Crippen LogP contribution is -2.39.